The molecule has 3 rings (SSSR count). The molecule has 0 bridgehead atoms. The van der Waals surface area contributed by atoms with Crippen molar-refractivity contribution in [3.05, 3.63) is 53.6 Å². The van der Waals surface area contributed by atoms with Crippen LogP contribution in [0.1, 0.15) is 24.0 Å². The van der Waals surface area contributed by atoms with E-state index in [-0.39, 0.29) is 24.0 Å². The topological polar surface area (TPSA) is 92.3 Å². The lowest BCUT2D eigenvalue weighted by molar-refractivity contribution is 0.203. The number of aliphatic hydroxyl groups excluding tert-OH is 1. The Balaban J connectivity index is 0.00000341. The molecule has 0 aliphatic carbocycles. The van der Waals surface area contributed by atoms with Crippen molar-refractivity contribution in [2.75, 3.05) is 38.8 Å². The van der Waals surface area contributed by atoms with E-state index in [0.717, 1.165) is 37.1 Å². The molecule has 1 saturated heterocycles. The smallest absolute Gasteiger partial charge is 0.189 e. The number of nitrogens with one attached hydrogen (secondary N) is 1. The summed E-state index contributed by atoms with van der Waals surface area (Å²) in [6, 6.07) is 14.2. The molecular weight excluding hydrogens is 507 g/mol. The molecular formula is C23H33IN4O3. The number of piperidine rings is 1. The fourth-order valence-electron chi connectivity index (χ4n) is 3.60. The second-order valence-corrected chi connectivity index (χ2v) is 7.52. The third-order valence-electron chi connectivity index (χ3n) is 5.53. The van der Waals surface area contributed by atoms with Gasteiger partial charge in [-0.3, -0.25) is 0 Å². The van der Waals surface area contributed by atoms with Crippen molar-refractivity contribution in [2.24, 2.45) is 16.6 Å². The van der Waals surface area contributed by atoms with Gasteiger partial charge in [-0.05, 0) is 54.2 Å². The molecule has 0 spiro atoms. The third kappa shape index (κ3) is 7.17. The minimum absolute atomic E-state index is 0. The van der Waals surface area contributed by atoms with Gasteiger partial charge in [0.15, 0.2) is 17.5 Å². The van der Waals surface area contributed by atoms with Crippen LogP contribution >= 0.6 is 24.0 Å². The summed E-state index contributed by atoms with van der Waals surface area (Å²) in [5.74, 6) is 2.22. The maximum Gasteiger partial charge on any atom is 0.189 e. The average molecular weight is 540 g/mol. The van der Waals surface area contributed by atoms with Crippen LogP contribution in [-0.4, -0.2) is 45.0 Å². The van der Waals surface area contributed by atoms with E-state index in [4.69, 9.17) is 15.2 Å². The van der Waals surface area contributed by atoms with Crippen LogP contribution in [0.3, 0.4) is 0 Å². The largest absolute Gasteiger partial charge is 0.493 e. The van der Waals surface area contributed by atoms with E-state index in [2.05, 4.69) is 39.5 Å². The van der Waals surface area contributed by atoms with Crippen LogP contribution in [0.2, 0.25) is 0 Å². The van der Waals surface area contributed by atoms with E-state index in [1.165, 1.54) is 5.69 Å². The molecule has 0 atom stereocenters. The Morgan fingerprint density at radius 1 is 1.06 bits per heavy atom. The maximum absolute atomic E-state index is 9.28. The zero-order valence-corrected chi connectivity index (χ0v) is 20.5. The van der Waals surface area contributed by atoms with Crippen molar-refractivity contribution >= 4 is 35.6 Å². The summed E-state index contributed by atoms with van der Waals surface area (Å²) in [7, 11) is 3.23. The zero-order valence-electron chi connectivity index (χ0n) is 18.2. The summed E-state index contributed by atoms with van der Waals surface area (Å²) in [4.78, 5) is 6.78. The molecule has 4 N–H and O–H groups in total. The summed E-state index contributed by atoms with van der Waals surface area (Å²) in [6.07, 6.45) is 2.10. The fourth-order valence-corrected chi connectivity index (χ4v) is 3.60. The standard InChI is InChI=1S/C23H32N4O3.HI/c1-29-21-8-5-19(13-22(21)30-2)15-26-23(24)25-14-17-3-6-20(7-4-17)27-11-9-18(16-28)10-12-27;/h3-8,13,18,28H,9-12,14-16H2,1-2H3,(H3,24,25,26);1H. The van der Waals surface area contributed by atoms with E-state index in [0.29, 0.717) is 43.1 Å². The number of nitrogens with zero attached hydrogens (tertiary/aromatic N) is 2. The van der Waals surface area contributed by atoms with Crippen molar-refractivity contribution in [2.45, 2.75) is 25.9 Å². The van der Waals surface area contributed by atoms with E-state index in [1.807, 2.05) is 18.2 Å². The number of hydrogen-bond acceptors (Lipinski definition) is 5. The first-order valence-electron chi connectivity index (χ1n) is 10.3. The molecule has 0 aromatic heterocycles. The molecule has 1 fully saturated rings. The third-order valence-corrected chi connectivity index (χ3v) is 5.53. The molecule has 0 amide bonds. The van der Waals surface area contributed by atoms with E-state index >= 15 is 0 Å². The summed E-state index contributed by atoms with van der Waals surface area (Å²) in [6.45, 7) is 3.38. The Hall–Kier alpha value is -2.20. The van der Waals surface area contributed by atoms with Gasteiger partial charge < -0.3 is 30.5 Å². The number of benzene rings is 2. The lowest BCUT2D eigenvalue weighted by Crippen LogP contribution is -2.34. The minimum Gasteiger partial charge on any atom is -0.493 e. The molecule has 8 heteroatoms. The predicted octanol–water partition coefficient (Wildman–Crippen LogP) is 3.14. The first-order chi connectivity index (χ1) is 14.6. The zero-order chi connectivity index (χ0) is 21.3. The highest BCUT2D eigenvalue weighted by atomic mass is 127. The summed E-state index contributed by atoms with van der Waals surface area (Å²) < 4.78 is 10.6. The summed E-state index contributed by atoms with van der Waals surface area (Å²) in [5, 5.41) is 12.4. The average Bonchev–Trinajstić information content (AvgIpc) is 2.81. The predicted molar refractivity (Wildman–Crippen MR) is 136 cm³/mol. The van der Waals surface area contributed by atoms with Crippen LogP contribution < -0.4 is 25.4 Å². The Labute approximate surface area is 201 Å². The van der Waals surface area contributed by atoms with Crippen LogP contribution in [0.15, 0.2) is 47.5 Å². The van der Waals surface area contributed by atoms with Crippen molar-refractivity contribution < 1.29 is 14.6 Å². The van der Waals surface area contributed by atoms with Gasteiger partial charge in [0.25, 0.3) is 0 Å². The van der Waals surface area contributed by atoms with Crippen LogP contribution in [0.4, 0.5) is 5.69 Å². The fraction of sp³-hybridized carbons (Fsp3) is 0.435. The molecule has 7 nitrogen and oxygen atoms in total. The number of anilines is 1. The van der Waals surface area contributed by atoms with Crippen LogP contribution in [0, 0.1) is 5.92 Å². The SMILES string of the molecule is COc1ccc(CN=C(N)NCc2ccc(N3CCC(CO)CC3)cc2)cc1OC.I. The van der Waals surface area contributed by atoms with Gasteiger partial charge in [0.1, 0.15) is 0 Å². The second kappa shape index (κ2) is 12.6. The molecule has 0 radical (unpaired) electrons. The van der Waals surface area contributed by atoms with E-state index in [1.54, 1.807) is 14.2 Å². The number of ether oxygens (including phenoxy) is 2. The monoisotopic (exact) mass is 540 g/mol. The Morgan fingerprint density at radius 3 is 2.32 bits per heavy atom. The number of nitrogens with two attached hydrogens (primary N) is 1. The highest BCUT2D eigenvalue weighted by molar-refractivity contribution is 14.0. The van der Waals surface area contributed by atoms with E-state index < -0.39 is 0 Å². The van der Waals surface area contributed by atoms with Crippen LogP contribution in [0.5, 0.6) is 11.5 Å². The number of aliphatic imine (C=N–C) groups is 1. The lowest BCUT2D eigenvalue weighted by Gasteiger charge is -2.33. The maximum atomic E-state index is 9.28. The molecule has 2 aromatic rings. The van der Waals surface area contributed by atoms with E-state index in [9.17, 15) is 5.11 Å². The molecule has 31 heavy (non-hydrogen) atoms. The molecule has 170 valence electrons. The first-order valence-corrected chi connectivity index (χ1v) is 10.3. The number of guanidine groups is 1. The minimum atomic E-state index is 0. The summed E-state index contributed by atoms with van der Waals surface area (Å²) in [5.41, 5.74) is 9.39. The van der Waals surface area contributed by atoms with Gasteiger partial charge in [-0.15, -0.1) is 24.0 Å². The Morgan fingerprint density at radius 2 is 1.71 bits per heavy atom. The molecule has 0 unspecified atom stereocenters. The molecule has 1 aliphatic heterocycles. The first kappa shape index (κ1) is 25.1. The molecule has 0 saturated carbocycles. The van der Waals surface area contributed by atoms with Gasteiger partial charge in [-0.25, -0.2) is 4.99 Å². The van der Waals surface area contributed by atoms with Gasteiger partial charge in [0.05, 0.1) is 20.8 Å². The van der Waals surface area contributed by atoms with Gasteiger partial charge in [0, 0.05) is 31.9 Å². The summed E-state index contributed by atoms with van der Waals surface area (Å²) >= 11 is 0. The quantitative estimate of drug-likeness (QED) is 0.271. The van der Waals surface area contributed by atoms with Gasteiger partial charge in [-0.1, -0.05) is 18.2 Å². The number of rotatable bonds is 8. The van der Waals surface area contributed by atoms with Crippen LogP contribution in [-0.2, 0) is 13.1 Å². The molecule has 1 heterocycles. The van der Waals surface area contributed by atoms with Gasteiger partial charge in [-0.2, -0.15) is 0 Å². The van der Waals surface area contributed by atoms with Crippen molar-refractivity contribution in [1.82, 2.24) is 5.32 Å². The van der Waals surface area contributed by atoms with Crippen molar-refractivity contribution in [3.8, 4) is 11.5 Å². The van der Waals surface area contributed by atoms with Gasteiger partial charge in [0.2, 0.25) is 0 Å². The number of hydrogen-bond donors (Lipinski definition) is 3. The van der Waals surface area contributed by atoms with Crippen molar-refractivity contribution in [3.63, 3.8) is 0 Å². The van der Waals surface area contributed by atoms with Crippen molar-refractivity contribution in [1.29, 1.82) is 0 Å². The number of aliphatic hydroxyl groups is 1. The lowest BCUT2D eigenvalue weighted by atomic mass is 9.97. The van der Waals surface area contributed by atoms with Gasteiger partial charge >= 0.3 is 0 Å². The highest BCUT2D eigenvalue weighted by Gasteiger charge is 2.18. The Kier molecular flexibility index (Phi) is 10.2. The second-order valence-electron chi connectivity index (χ2n) is 7.52. The Bertz CT molecular complexity index is 837. The highest BCUT2D eigenvalue weighted by Crippen LogP contribution is 2.27. The molecule has 2 aromatic carbocycles. The normalized spacial score (nSPS) is 14.7. The van der Waals surface area contributed by atoms with Crippen LogP contribution in [0.25, 0.3) is 0 Å². The number of halogens is 1. The molecule has 1 aliphatic rings. The number of methoxy groups -OCH3 is 2.